The van der Waals surface area contributed by atoms with Crippen LogP contribution < -0.4 is 4.90 Å². The van der Waals surface area contributed by atoms with E-state index in [1.807, 2.05) is 42.5 Å². The average Bonchev–Trinajstić information content (AvgIpc) is 3.48. The molecule has 0 saturated carbocycles. The van der Waals surface area contributed by atoms with Gasteiger partial charge in [-0.1, -0.05) is 121 Å². The van der Waals surface area contributed by atoms with Gasteiger partial charge >= 0.3 is 0 Å². The van der Waals surface area contributed by atoms with Crippen LogP contribution in [0, 0.1) is 0 Å². The molecule has 0 aliphatic rings. The first-order chi connectivity index (χ1) is 21.8. The van der Waals surface area contributed by atoms with Crippen LogP contribution in [0.4, 0.5) is 17.2 Å². The highest BCUT2D eigenvalue weighted by molar-refractivity contribution is 6.03. The van der Waals surface area contributed by atoms with Crippen molar-refractivity contribution in [1.29, 1.82) is 0 Å². The van der Waals surface area contributed by atoms with E-state index < -0.39 is 0 Å². The molecule has 2 aromatic heterocycles. The molecule has 2 heterocycles. The Balaban J connectivity index is 1.23. The Hall–Kier alpha value is -5.93. The summed E-state index contributed by atoms with van der Waals surface area (Å²) in [5.41, 5.74) is 11.6. The molecule has 8 aromatic rings. The van der Waals surface area contributed by atoms with Gasteiger partial charge in [0, 0.05) is 16.8 Å². The molecule has 0 spiro atoms. The molecule has 6 aromatic carbocycles. The van der Waals surface area contributed by atoms with Crippen molar-refractivity contribution in [3.63, 3.8) is 0 Å². The molecule has 3 heteroatoms. The van der Waals surface area contributed by atoms with Crippen molar-refractivity contribution in [2.75, 3.05) is 4.90 Å². The molecule has 8 rings (SSSR count). The van der Waals surface area contributed by atoms with Gasteiger partial charge in [0.2, 0.25) is 0 Å². The molecule has 3 nitrogen and oxygen atoms in total. The lowest BCUT2D eigenvalue weighted by molar-refractivity contribution is 0.668. The monoisotopic (exact) mass is 564 g/mol. The Bertz CT molecular complexity index is 2200. The Morgan fingerprint density at radius 1 is 0.386 bits per heavy atom. The molecule has 0 radical (unpaired) electrons. The van der Waals surface area contributed by atoms with E-state index in [0.29, 0.717) is 0 Å². The highest BCUT2D eigenvalue weighted by Gasteiger charge is 2.17. The Morgan fingerprint density at radius 3 is 1.61 bits per heavy atom. The van der Waals surface area contributed by atoms with E-state index in [9.17, 15) is 0 Å². The van der Waals surface area contributed by atoms with Gasteiger partial charge in [-0.2, -0.15) is 0 Å². The van der Waals surface area contributed by atoms with Crippen molar-refractivity contribution in [3.05, 3.63) is 170 Å². The van der Waals surface area contributed by atoms with Crippen LogP contribution >= 0.6 is 0 Å². The summed E-state index contributed by atoms with van der Waals surface area (Å²) in [5.74, 6) is 0.827. The summed E-state index contributed by atoms with van der Waals surface area (Å²) >= 11 is 0. The largest absolute Gasteiger partial charge is 0.454 e. The Morgan fingerprint density at radius 2 is 0.932 bits per heavy atom. The van der Waals surface area contributed by atoms with Crippen LogP contribution in [0.3, 0.4) is 0 Å². The number of hydrogen-bond donors (Lipinski definition) is 0. The minimum absolute atomic E-state index is 0.779. The van der Waals surface area contributed by atoms with Crippen LogP contribution in [0.5, 0.6) is 0 Å². The maximum Gasteiger partial charge on any atom is 0.154 e. The number of aromatic nitrogens is 1. The summed E-state index contributed by atoms with van der Waals surface area (Å²) in [4.78, 5) is 7.40. The van der Waals surface area contributed by atoms with E-state index in [-0.39, 0.29) is 0 Å². The number of pyridine rings is 1. The Kier molecular flexibility index (Phi) is 6.47. The number of hydrogen-bond acceptors (Lipinski definition) is 3. The minimum Gasteiger partial charge on any atom is -0.454 e. The second-order valence-electron chi connectivity index (χ2n) is 10.9. The standard InChI is InChI=1S/C41H28N2O/c1-3-10-29(11-4-1)31-18-20-33(21-19-31)34-14-9-15-36(28-34)43(35-24-22-32(23-25-35)30-12-5-2-6-13-30)40-27-26-39-41(42-40)37-16-7-8-17-38(37)44-39/h1-28H. The second-order valence-corrected chi connectivity index (χ2v) is 10.9. The first-order valence-corrected chi connectivity index (χ1v) is 14.8. The van der Waals surface area contributed by atoms with Gasteiger partial charge in [-0.3, -0.25) is 4.90 Å². The third-order valence-corrected chi connectivity index (χ3v) is 8.10. The fourth-order valence-electron chi connectivity index (χ4n) is 5.86. The predicted octanol–water partition coefficient (Wildman–Crippen LogP) is 11.5. The van der Waals surface area contributed by atoms with Gasteiger partial charge in [0.15, 0.2) is 5.58 Å². The van der Waals surface area contributed by atoms with Gasteiger partial charge in [0.25, 0.3) is 0 Å². The lowest BCUT2D eigenvalue weighted by Gasteiger charge is -2.25. The summed E-state index contributed by atoms with van der Waals surface area (Å²) in [6, 6.07) is 59.2. The molecule has 0 amide bonds. The lowest BCUT2D eigenvalue weighted by Crippen LogP contribution is -2.11. The topological polar surface area (TPSA) is 29.3 Å². The van der Waals surface area contributed by atoms with E-state index >= 15 is 0 Å². The molecule has 0 unspecified atom stereocenters. The second kappa shape index (κ2) is 11.0. The van der Waals surface area contributed by atoms with E-state index in [1.54, 1.807) is 0 Å². The normalized spacial score (nSPS) is 11.2. The van der Waals surface area contributed by atoms with Crippen molar-refractivity contribution in [1.82, 2.24) is 4.98 Å². The number of fused-ring (bicyclic) bond motifs is 3. The predicted molar refractivity (Wildman–Crippen MR) is 183 cm³/mol. The fourth-order valence-corrected chi connectivity index (χ4v) is 5.86. The van der Waals surface area contributed by atoms with Crippen molar-refractivity contribution >= 4 is 39.3 Å². The maximum absolute atomic E-state index is 6.10. The van der Waals surface area contributed by atoms with Crippen LogP contribution in [0.2, 0.25) is 0 Å². The first-order valence-electron chi connectivity index (χ1n) is 14.8. The number of nitrogens with zero attached hydrogens (tertiary/aromatic N) is 2. The van der Waals surface area contributed by atoms with Crippen LogP contribution in [-0.4, -0.2) is 4.98 Å². The third-order valence-electron chi connectivity index (χ3n) is 8.10. The lowest BCUT2D eigenvalue weighted by atomic mass is 10.00. The van der Waals surface area contributed by atoms with Gasteiger partial charge in [0.05, 0.1) is 0 Å². The molecule has 0 bridgehead atoms. The number of para-hydroxylation sites is 1. The van der Waals surface area contributed by atoms with Crippen molar-refractivity contribution in [2.45, 2.75) is 0 Å². The average molecular weight is 565 g/mol. The highest BCUT2D eigenvalue weighted by atomic mass is 16.3. The zero-order valence-electron chi connectivity index (χ0n) is 24.0. The number of furan rings is 1. The SMILES string of the molecule is c1ccc(-c2ccc(-c3cccc(N(c4ccc(-c5ccccc5)cc4)c4ccc5oc6ccccc6c5n4)c3)cc2)cc1. The van der Waals surface area contributed by atoms with Crippen LogP contribution in [-0.2, 0) is 0 Å². The molecule has 0 aliphatic heterocycles. The van der Waals surface area contributed by atoms with Gasteiger partial charge in [0.1, 0.15) is 16.9 Å². The highest BCUT2D eigenvalue weighted by Crippen LogP contribution is 2.38. The van der Waals surface area contributed by atoms with E-state index in [1.165, 1.54) is 22.3 Å². The molecule has 0 fully saturated rings. The number of benzene rings is 6. The van der Waals surface area contributed by atoms with Crippen molar-refractivity contribution < 1.29 is 4.42 Å². The molecule has 44 heavy (non-hydrogen) atoms. The van der Waals surface area contributed by atoms with Gasteiger partial charge < -0.3 is 4.42 Å². The van der Waals surface area contributed by atoms with Gasteiger partial charge in [-0.05, 0) is 81.9 Å². The fraction of sp³-hybridized carbons (Fsp3) is 0. The summed E-state index contributed by atoms with van der Waals surface area (Å²) < 4.78 is 6.10. The van der Waals surface area contributed by atoms with Crippen molar-refractivity contribution in [3.8, 4) is 33.4 Å². The maximum atomic E-state index is 6.10. The van der Waals surface area contributed by atoms with Gasteiger partial charge in [-0.15, -0.1) is 0 Å². The smallest absolute Gasteiger partial charge is 0.154 e. The third kappa shape index (κ3) is 4.81. The van der Waals surface area contributed by atoms with E-state index in [4.69, 9.17) is 9.40 Å². The molecule has 0 aliphatic carbocycles. The summed E-state index contributed by atoms with van der Waals surface area (Å²) in [6.45, 7) is 0. The molecule has 0 N–H and O–H groups in total. The molecule has 0 atom stereocenters. The van der Waals surface area contributed by atoms with Crippen LogP contribution in [0.15, 0.2) is 174 Å². The molecular formula is C41H28N2O. The summed E-state index contributed by atoms with van der Waals surface area (Å²) in [6.07, 6.45) is 0. The minimum atomic E-state index is 0.779. The van der Waals surface area contributed by atoms with E-state index in [0.717, 1.165) is 50.4 Å². The first kappa shape index (κ1) is 25.8. The quantitative estimate of drug-likeness (QED) is 0.201. The molecular weight excluding hydrogens is 536 g/mol. The number of rotatable bonds is 6. The summed E-state index contributed by atoms with van der Waals surface area (Å²) in [7, 11) is 0. The Labute approximate surface area is 256 Å². The van der Waals surface area contributed by atoms with Crippen LogP contribution in [0.1, 0.15) is 0 Å². The van der Waals surface area contributed by atoms with Gasteiger partial charge in [-0.25, -0.2) is 4.98 Å². The molecule has 0 saturated heterocycles. The molecule has 208 valence electrons. The zero-order chi connectivity index (χ0) is 29.3. The number of anilines is 3. The van der Waals surface area contributed by atoms with Crippen molar-refractivity contribution in [2.24, 2.45) is 0 Å². The zero-order valence-corrected chi connectivity index (χ0v) is 24.0. The van der Waals surface area contributed by atoms with E-state index in [2.05, 4.69) is 132 Å². The summed E-state index contributed by atoms with van der Waals surface area (Å²) in [5, 5.41) is 1.01. The van der Waals surface area contributed by atoms with Crippen LogP contribution in [0.25, 0.3) is 55.4 Å².